The molecular weight excluding hydrogens is 657 g/mol. The third-order valence-corrected chi connectivity index (χ3v) is 11.5. The fourth-order valence-corrected chi connectivity index (χ4v) is 9.25. The molecule has 0 radical (unpaired) electrons. The Labute approximate surface area is 314 Å². The number of hydrogen-bond acceptors (Lipinski definition) is 3. The maximum Gasteiger partial charge on any atom is 0.160 e. The maximum absolute atomic E-state index is 6.92. The third-order valence-electron chi connectivity index (χ3n) is 11.5. The molecule has 2 heterocycles. The standard InChI is InChI=1S/C51H34N2O/c1-2-16-34(17-3-1)50-52-46(32-47(53-50)41-24-14-18-33-15-4-5-19-36(33)41)40-23-7-6-20-37(40)35-29-30-45-49(31-35)54-48-28-13-12-27-44(48)51(45)42-25-10-8-21-38(42)39-22-9-11-26-43(39)51/h1-28,31-32H,29-30H2. The molecule has 0 unspecified atom stereocenters. The molecule has 0 bridgehead atoms. The molecule has 1 aliphatic heterocycles. The smallest absolute Gasteiger partial charge is 0.160 e. The number of nitrogens with zero attached hydrogens (tertiary/aromatic N) is 2. The van der Waals surface area contributed by atoms with Gasteiger partial charge >= 0.3 is 0 Å². The summed E-state index contributed by atoms with van der Waals surface area (Å²) in [4.78, 5) is 10.5. The highest BCUT2D eigenvalue weighted by atomic mass is 16.5. The van der Waals surface area contributed by atoms with Crippen molar-refractivity contribution in [1.82, 2.24) is 9.97 Å². The average molecular weight is 691 g/mol. The normalized spacial score (nSPS) is 14.9. The number of aromatic nitrogens is 2. The summed E-state index contributed by atoms with van der Waals surface area (Å²) < 4.78 is 6.92. The van der Waals surface area contributed by atoms with Crippen LogP contribution in [0.25, 0.3) is 61.4 Å². The Hall–Kier alpha value is -6.84. The molecule has 3 heteroatoms. The predicted molar refractivity (Wildman–Crippen MR) is 219 cm³/mol. The van der Waals surface area contributed by atoms with E-state index < -0.39 is 5.41 Å². The first-order chi connectivity index (χ1) is 26.8. The van der Waals surface area contributed by atoms with Crippen molar-refractivity contribution in [2.24, 2.45) is 0 Å². The monoisotopic (exact) mass is 690 g/mol. The second kappa shape index (κ2) is 12.1. The van der Waals surface area contributed by atoms with Gasteiger partial charge in [-0.2, -0.15) is 0 Å². The summed E-state index contributed by atoms with van der Waals surface area (Å²) in [5.41, 5.74) is 14.8. The molecule has 1 aromatic heterocycles. The maximum atomic E-state index is 6.92. The minimum Gasteiger partial charge on any atom is -0.457 e. The summed E-state index contributed by atoms with van der Waals surface area (Å²) in [6, 6.07) is 62.6. The van der Waals surface area contributed by atoms with Gasteiger partial charge in [0.15, 0.2) is 5.82 Å². The lowest BCUT2D eigenvalue weighted by Gasteiger charge is -2.42. The number of hydrogen-bond donors (Lipinski definition) is 0. The molecule has 1 spiro atoms. The van der Waals surface area contributed by atoms with E-state index in [-0.39, 0.29) is 0 Å². The lowest BCUT2D eigenvalue weighted by molar-refractivity contribution is 0.390. The first-order valence-corrected chi connectivity index (χ1v) is 18.7. The zero-order chi connectivity index (χ0) is 35.6. The van der Waals surface area contributed by atoms with Crippen LogP contribution < -0.4 is 4.74 Å². The van der Waals surface area contributed by atoms with E-state index in [4.69, 9.17) is 14.7 Å². The Balaban J connectivity index is 1.11. The van der Waals surface area contributed by atoms with Crippen molar-refractivity contribution in [3.8, 4) is 50.8 Å². The highest BCUT2D eigenvalue weighted by Gasteiger charge is 2.52. The van der Waals surface area contributed by atoms with Gasteiger partial charge in [-0.05, 0) is 80.8 Å². The topological polar surface area (TPSA) is 35.0 Å². The van der Waals surface area contributed by atoms with E-state index >= 15 is 0 Å². The van der Waals surface area contributed by atoms with Gasteiger partial charge in [-0.15, -0.1) is 0 Å². The van der Waals surface area contributed by atoms with E-state index in [0.29, 0.717) is 5.82 Å². The number of ether oxygens (including phenoxy) is 1. The molecule has 0 fully saturated rings. The van der Waals surface area contributed by atoms with Crippen molar-refractivity contribution in [2.75, 3.05) is 0 Å². The molecule has 2 aliphatic carbocycles. The first kappa shape index (κ1) is 30.8. The summed E-state index contributed by atoms with van der Waals surface area (Å²) in [7, 11) is 0. The van der Waals surface area contributed by atoms with Crippen LogP contribution in [-0.2, 0) is 5.41 Å². The van der Waals surface area contributed by atoms with Gasteiger partial charge in [0.25, 0.3) is 0 Å². The van der Waals surface area contributed by atoms with Gasteiger partial charge in [0, 0.05) is 22.3 Å². The fourth-order valence-electron chi connectivity index (χ4n) is 9.25. The van der Waals surface area contributed by atoms with Crippen molar-refractivity contribution < 1.29 is 4.74 Å². The van der Waals surface area contributed by atoms with E-state index in [9.17, 15) is 0 Å². The van der Waals surface area contributed by atoms with Gasteiger partial charge in [0.05, 0.1) is 16.8 Å². The zero-order valence-corrected chi connectivity index (χ0v) is 29.5. The number of fused-ring (bicyclic) bond motifs is 9. The Morgan fingerprint density at radius 3 is 1.81 bits per heavy atom. The summed E-state index contributed by atoms with van der Waals surface area (Å²) in [5, 5.41) is 2.36. The molecule has 3 nitrogen and oxygen atoms in total. The van der Waals surface area contributed by atoms with E-state index in [1.807, 2.05) is 18.2 Å². The minimum atomic E-state index is -0.413. The molecule has 0 N–H and O–H groups in total. The van der Waals surface area contributed by atoms with Crippen LogP contribution in [0, 0.1) is 0 Å². The highest BCUT2D eigenvalue weighted by Crippen LogP contribution is 2.62. The molecule has 3 aliphatic rings. The quantitative estimate of drug-likeness (QED) is 0.184. The minimum absolute atomic E-state index is 0.413. The van der Waals surface area contributed by atoms with Crippen LogP contribution in [0.2, 0.25) is 0 Å². The molecule has 0 saturated heterocycles. The van der Waals surface area contributed by atoms with Crippen molar-refractivity contribution in [1.29, 1.82) is 0 Å². The van der Waals surface area contributed by atoms with Crippen LogP contribution in [0.3, 0.4) is 0 Å². The Morgan fingerprint density at radius 1 is 0.463 bits per heavy atom. The number of allylic oxidation sites excluding steroid dienone is 3. The molecule has 8 aromatic rings. The van der Waals surface area contributed by atoms with Crippen LogP contribution in [0.1, 0.15) is 35.1 Å². The molecule has 0 atom stereocenters. The van der Waals surface area contributed by atoms with Gasteiger partial charge in [-0.25, -0.2) is 9.97 Å². The largest absolute Gasteiger partial charge is 0.457 e. The van der Waals surface area contributed by atoms with Gasteiger partial charge in [-0.3, -0.25) is 0 Å². The third kappa shape index (κ3) is 4.55. The number of para-hydroxylation sites is 1. The summed E-state index contributed by atoms with van der Waals surface area (Å²) in [5.74, 6) is 2.57. The first-order valence-electron chi connectivity index (χ1n) is 18.7. The molecule has 11 rings (SSSR count). The average Bonchev–Trinajstić information content (AvgIpc) is 3.54. The molecule has 0 saturated carbocycles. The van der Waals surface area contributed by atoms with Crippen LogP contribution in [0.15, 0.2) is 193 Å². The van der Waals surface area contributed by atoms with Crippen molar-refractivity contribution in [3.63, 3.8) is 0 Å². The number of rotatable bonds is 4. The fraction of sp³-hybridized carbons (Fsp3) is 0.0588. The zero-order valence-electron chi connectivity index (χ0n) is 29.5. The Kier molecular flexibility index (Phi) is 6.90. The van der Waals surface area contributed by atoms with Gasteiger partial charge in [-0.1, -0.05) is 164 Å². The molecule has 254 valence electrons. The van der Waals surface area contributed by atoms with E-state index in [1.54, 1.807) is 0 Å². The number of benzene rings is 7. The van der Waals surface area contributed by atoms with Crippen LogP contribution in [-0.4, -0.2) is 9.97 Å². The lowest BCUT2D eigenvalue weighted by Crippen LogP contribution is -2.35. The SMILES string of the molecule is C1=C(c2ccccc2-c2cc(-c3cccc4ccccc34)nc(-c3ccccc3)n2)CCC2=C1Oc1ccccc1C21c2ccccc2-c2ccccc21. The van der Waals surface area contributed by atoms with Crippen LogP contribution in [0.4, 0.5) is 0 Å². The summed E-state index contributed by atoms with van der Waals surface area (Å²) in [6.07, 6.45) is 4.05. The summed E-state index contributed by atoms with van der Waals surface area (Å²) >= 11 is 0. The second-order valence-electron chi connectivity index (χ2n) is 14.4. The predicted octanol–water partition coefficient (Wildman–Crippen LogP) is 12.5. The Bertz CT molecular complexity index is 2810. The summed E-state index contributed by atoms with van der Waals surface area (Å²) in [6.45, 7) is 0. The Morgan fingerprint density at radius 2 is 1.04 bits per heavy atom. The van der Waals surface area contributed by atoms with Gasteiger partial charge in [0.2, 0.25) is 0 Å². The van der Waals surface area contributed by atoms with E-state index in [1.165, 1.54) is 49.7 Å². The van der Waals surface area contributed by atoms with Gasteiger partial charge < -0.3 is 4.74 Å². The lowest BCUT2D eigenvalue weighted by atomic mass is 9.63. The van der Waals surface area contributed by atoms with Crippen LogP contribution in [0.5, 0.6) is 5.75 Å². The van der Waals surface area contributed by atoms with Crippen LogP contribution >= 0.6 is 0 Å². The molecule has 0 amide bonds. The van der Waals surface area contributed by atoms with E-state index in [2.05, 4.69) is 164 Å². The van der Waals surface area contributed by atoms with Crippen molar-refractivity contribution >= 4 is 16.3 Å². The van der Waals surface area contributed by atoms with Crippen molar-refractivity contribution in [2.45, 2.75) is 18.3 Å². The highest BCUT2D eigenvalue weighted by molar-refractivity contribution is 5.97. The molecular formula is C51H34N2O. The molecule has 54 heavy (non-hydrogen) atoms. The second-order valence-corrected chi connectivity index (χ2v) is 14.4. The van der Waals surface area contributed by atoms with Crippen molar-refractivity contribution in [3.05, 3.63) is 216 Å². The van der Waals surface area contributed by atoms with E-state index in [0.717, 1.165) is 58.0 Å². The molecule has 7 aromatic carbocycles. The van der Waals surface area contributed by atoms with Gasteiger partial charge in [0.1, 0.15) is 11.5 Å².